The zero-order valence-corrected chi connectivity index (χ0v) is 25.1. The Morgan fingerprint density at radius 2 is 1.46 bits per heavy atom. The summed E-state index contributed by atoms with van der Waals surface area (Å²) in [6, 6.07) is 20.2. The van der Waals surface area contributed by atoms with E-state index in [9.17, 15) is 5.11 Å². The van der Waals surface area contributed by atoms with Crippen LogP contribution < -0.4 is 4.74 Å². The van der Waals surface area contributed by atoms with Gasteiger partial charge in [0.1, 0.15) is 11.5 Å². The van der Waals surface area contributed by atoms with Crippen molar-refractivity contribution in [2.75, 3.05) is 7.11 Å². The number of phenolic OH excluding ortho intramolecular Hbond substituents is 1. The van der Waals surface area contributed by atoms with Crippen LogP contribution in [-0.4, -0.2) is 18.4 Å². The predicted octanol–water partition coefficient (Wildman–Crippen LogP) is 9.48. The summed E-state index contributed by atoms with van der Waals surface area (Å²) in [6.07, 6.45) is 1.75. The van der Waals surface area contributed by atoms with Crippen LogP contribution in [0.2, 0.25) is 0 Å². The molecule has 1 N–H and O–H groups in total. The summed E-state index contributed by atoms with van der Waals surface area (Å²) in [5.74, 6) is 1.09. The van der Waals surface area contributed by atoms with Gasteiger partial charge in [0.2, 0.25) is 0 Å². The Morgan fingerprint density at radius 3 is 2.03 bits per heavy atom. The van der Waals surface area contributed by atoms with E-state index >= 15 is 0 Å². The van der Waals surface area contributed by atoms with Crippen LogP contribution in [0.1, 0.15) is 58.2 Å². The number of aliphatic imine (C=N–C) groups is 1. The Morgan fingerprint density at radius 1 is 0.829 bits per heavy atom. The molecule has 3 rings (SSSR count). The van der Waals surface area contributed by atoms with E-state index in [4.69, 9.17) is 37.6 Å². The fourth-order valence-electron chi connectivity index (χ4n) is 3.61. The van der Waals surface area contributed by atoms with Gasteiger partial charge in [0.05, 0.1) is 12.8 Å². The summed E-state index contributed by atoms with van der Waals surface area (Å²) in [4.78, 5) is 4.79. The van der Waals surface area contributed by atoms with Crippen LogP contribution in [0.4, 0.5) is 5.69 Å². The molecule has 0 radical (unpaired) electrons. The minimum atomic E-state index is -1.92. The summed E-state index contributed by atoms with van der Waals surface area (Å²) >= 11 is -1.92. The van der Waals surface area contributed by atoms with E-state index in [2.05, 4.69) is 59.7 Å². The van der Waals surface area contributed by atoms with Crippen LogP contribution in [0.5, 0.6) is 11.5 Å². The third-order valence-electron chi connectivity index (χ3n) is 5.48. The van der Waals surface area contributed by atoms with E-state index in [1.807, 2.05) is 42.5 Å². The van der Waals surface area contributed by atoms with Gasteiger partial charge in [0.15, 0.2) is 0 Å². The van der Waals surface area contributed by atoms with Crippen molar-refractivity contribution in [3.8, 4) is 22.6 Å². The number of methoxy groups -OCH3 is 1. The molecule has 0 fully saturated rings. The van der Waals surface area contributed by atoms with E-state index in [1.165, 1.54) is 5.56 Å². The monoisotopic (exact) mass is 568 g/mol. The Labute approximate surface area is 227 Å². The molecule has 3 aromatic rings. The average molecular weight is 570 g/mol. The summed E-state index contributed by atoms with van der Waals surface area (Å²) in [6.45, 7) is 12.9. The normalized spacial score (nSPS) is 11.7. The quantitative estimate of drug-likeness (QED) is 0.251. The van der Waals surface area contributed by atoms with Crippen molar-refractivity contribution < 1.29 is 24.5 Å². The molecule has 3 nitrogen and oxygen atoms in total. The van der Waals surface area contributed by atoms with E-state index in [0.29, 0.717) is 5.56 Å². The molecule has 0 aromatic heterocycles. The van der Waals surface area contributed by atoms with Gasteiger partial charge >= 0.3 is 42.6 Å². The second-order valence-electron chi connectivity index (χ2n) is 10.1. The molecule has 0 heterocycles. The standard InChI is InChI=1S/C28H33NO2.3ClH.Ti/c1-27(2,3)20-15-16-24(22(17-20)21-12-8-9-14-25(21)31-7)29-18-19-11-10-13-23(26(19)30)28(4,5)6;;;;/h8-18,30H,1-7H3;3*1H;/q;;;;+3/p-3. The third kappa shape index (κ3) is 8.55. The molecule has 3 aromatic carbocycles. The van der Waals surface area contributed by atoms with Gasteiger partial charge in [0, 0.05) is 22.9 Å². The van der Waals surface area contributed by atoms with E-state index in [-0.39, 0.29) is 16.6 Å². The predicted molar refractivity (Wildman–Crippen MR) is 149 cm³/mol. The first-order chi connectivity index (χ1) is 16.3. The van der Waals surface area contributed by atoms with E-state index in [1.54, 1.807) is 13.3 Å². The Bertz CT molecular complexity index is 1160. The van der Waals surface area contributed by atoms with Gasteiger partial charge in [-0.15, -0.1) is 0 Å². The van der Waals surface area contributed by atoms with Crippen LogP contribution in [-0.2, 0) is 25.5 Å². The molecule has 0 aliphatic heterocycles. The van der Waals surface area contributed by atoms with Crippen molar-refractivity contribution in [1.82, 2.24) is 0 Å². The number of ether oxygens (including phenoxy) is 1. The van der Waals surface area contributed by atoms with Crippen LogP contribution >= 0.6 is 27.9 Å². The molecule has 0 aliphatic carbocycles. The van der Waals surface area contributed by atoms with Gasteiger partial charge in [-0.05, 0) is 46.2 Å². The van der Waals surface area contributed by atoms with Gasteiger partial charge in [-0.25, -0.2) is 0 Å². The molecule has 0 spiro atoms. The number of phenols is 1. The SMILES string of the molecule is COc1ccccc1-c1cc(C(C)(C)C)ccc1N=Cc1cccc(C(C)(C)C)c1O.[Cl][Ti]([Cl])[Cl]. The summed E-state index contributed by atoms with van der Waals surface area (Å²) < 4.78 is 5.62. The molecule has 35 heavy (non-hydrogen) atoms. The number of halogens is 3. The first-order valence-corrected chi connectivity index (χ1v) is 17.7. The zero-order chi connectivity index (χ0) is 26.4. The fraction of sp³-hybridized carbons (Fsp3) is 0.321. The molecule has 0 unspecified atom stereocenters. The first kappa shape index (κ1) is 29.7. The molecule has 0 saturated carbocycles. The molecule has 0 amide bonds. The van der Waals surface area contributed by atoms with E-state index in [0.717, 1.165) is 28.1 Å². The number of benzene rings is 3. The van der Waals surface area contributed by atoms with Crippen molar-refractivity contribution in [2.24, 2.45) is 4.99 Å². The van der Waals surface area contributed by atoms with Gasteiger partial charge < -0.3 is 9.84 Å². The average Bonchev–Trinajstić information content (AvgIpc) is 2.76. The summed E-state index contributed by atoms with van der Waals surface area (Å²) in [5.41, 5.74) is 5.54. The van der Waals surface area contributed by atoms with Gasteiger partial charge in [-0.1, -0.05) is 77.9 Å². The molecule has 0 atom stereocenters. The molecule has 0 aliphatic rings. The van der Waals surface area contributed by atoms with Crippen LogP contribution in [0.3, 0.4) is 0 Å². The van der Waals surface area contributed by atoms with Crippen molar-refractivity contribution in [2.45, 2.75) is 52.4 Å². The Balaban J connectivity index is 0.00000100. The van der Waals surface area contributed by atoms with Crippen molar-refractivity contribution in [1.29, 1.82) is 0 Å². The number of hydrogen-bond acceptors (Lipinski definition) is 3. The maximum absolute atomic E-state index is 10.8. The first-order valence-electron chi connectivity index (χ1n) is 11.2. The fourth-order valence-corrected chi connectivity index (χ4v) is 3.61. The third-order valence-corrected chi connectivity index (χ3v) is 5.48. The summed E-state index contributed by atoms with van der Waals surface area (Å²) in [5, 5.41) is 10.8. The summed E-state index contributed by atoms with van der Waals surface area (Å²) in [7, 11) is 16.6. The maximum atomic E-state index is 10.8. The second kappa shape index (κ2) is 12.7. The van der Waals surface area contributed by atoms with Crippen molar-refractivity contribution in [3.63, 3.8) is 0 Å². The molecule has 0 saturated heterocycles. The van der Waals surface area contributed by atoms with Gasteiger partial charge in [-0.2, -0.15) is 0 Å². The van der Waals surface area contributed by atoms with Crippen LogP contribution in [0, 0.1) is 0 Å². The topological polar surface area (TPSA) is 41.8 Å². The van der Waals surface area contributed by atoms with E-state index < -0.39 is 14.7 Å². The molecule has 187 valence electrons. The van der Waals surface area contributed by atoms with Crippen molar-refractivity contribution >= 4 is 39.8 Å². The number of aromatic hydroxyl groups is 1. The molecule has 0 bridgehead atoms. The van der Waals surface area contributed by atoms with Gasteiger partial charge in [0.25, 0.3) is 0 Å². The number of para-hydroxylation sites is 2. The van der Waals surface area contributed by atoms with Crippen molar-refractivity contribution in [3.05, 3.63) is 77.4 Å². The molecule has 7 heteroatoms. The molecular weight excluding hydrogens is 537 g/mol. The second-order valence-corrected chi connectivity index (χ2v) is 17.9. The Kier molecular flexibility index (Phi) is 10.8. The minimum absolute atomic E-state index is 0.0122. The number of hydrogen-bond donors (Lipinski definition) is 1. The van der Waals surface area contributed by atoms with Gasteiger partial charge in [-0.3, -0.25) is 4.99 Å². The number of rotatable bonds is 4. The molecular formula is C28H33Cl3NO2Ti. The zero-order valence-electron chi connectivity index (χ0n) is 21.3. The number of nitrogens with zero attached hydrogens (tertiary/aromatic N) is 1. The van der Waals surface area contributed by atoms with Crippen LogP contribution in [0.15, 0.2) is 65.7 Å². The Hall–Kier alpha value is -1.49. The van der Waals surface area contributed by atoms with Crippen LogP contribution in [0.25, 0.3) is 11.1 Å².